The van der Waals surface area contributed by atoms with Crippen molar-refractivity contribution in [1.29, 1.82) is 0 Å². The van der Waals surface area contributed by atoms with E-state index in [1.165, 1.54) is 18.2 Å². The second-order valence-electron chi connectivity index (χ2n) is 14.7. The number of aromatic nitrogens is 1. The normalized spacial score (nSPS) is 20.5. The Labute approximate surface area is 300 Å². The number of hydrogen-bond donors (Lipinski definition) is 2. The van der Waals surface area contributed by atoms with Gasteiger partial charge in [-0.3, -0.25) is 14.4 Å². The van der Waals surface area contributed by atoms with Crippen molar-refractivity contribution in [2.75, 3.05) is 19.6 Å². The number of carbonyl (C=O) groups is 2. The number of benzene rings is 2. The lowest BCUT2D eigenvalue weighted by Gasteiger charge is -2.30. The quantitative estimate of drug-likeness (QED) is 0.228. The summed E-state index contributed by atoms with van der Waals surface area (Å²) in [5.74, 6) is -3.18. The van der Waals surface area contributed by atoms with Crippen molar-refractivity contribution < 1.29 is 36.6 Å². The van der Waals surface area contributed by atoms with Crippen LogP contribution in [0.5, 0.6) is 0 Å². The summed E-state index contributed by atoms with van der Waals surface area (Å²) in [6.07, 6.45) is 2.81. The van der Waals surface area contributed by atoms with E-state index in [9.17, 15) is 37.1 Å². The number of aliphatic carboxylic acids is 1. The van der Waals surface area contributed by atoms with Crippen LogP contribution in [-0.2, 0) is 28.6 Å². The molecule has 0 unspecified atom stereocenters. The smallest absolute Gasteiger partial charge is 0.416 e. The molecule has 2 atom stereocenters. The molecule has 2 aliphatic heterocycles. The number of carbonyl (C=O) groups excluding carboxylic acids is 1. The standard InChI is InChI=1S/C40H46F5N3O4/c1-24-17-29(41)18-26-9-5-3-2-4-6-11-34(48-23-27(10-7-14-47-15-8-16-47)32(21-35(48)49)40(43,44)45)39(52)46-33(22-36(50)51)31-20-28(37(24)26)19-30(38(31)42)25-12-13-25/h17-21,23,25,33-34H,2-16,22H2,1H3,(H,46,52)(H,50,51)/t33-,34-/m0/s1. The number of aryl methyl sites for hydroxylation is 3. The fourth-order valence-corrected chi connectivity index (χ4v) is 7.84. The number of likely N-dealkylation sites (tertiary alicyclic amines) is 1. The summed E-state index contributed by atoms with van der Waals surface area (Å²) in [4.78, 5) is 42.1. The topological polar surface area (TPSA) is 91.6 Å². The third-order valence-corrected chi connectivity index (χ3v) is 10.8. The van der Waals surface area contributed by atoms with Crippen molar-refractivity contribution in [1.82, 2.24) is 14.8 Å². The maximum Gasteiger partial charge on any atom is 0.416 e. The number of nitrogens with zero attached hydrogens (tertiary/aromatic N) is 2. The van der Waals surface area contributed by atoms with Crippen LogP contribution in [0.2, 0.25) is 0 Å². The lowest BCUT2D eigenvalue weighted by molar-refractivity contribution is -0.139. The molecule has 2 N–H and O–H groups in total. The third-order valence-electron chi connectivity index (χ3n) is 10.8. The first kappa shape index (κ1) is 37.7. The molecule has 1 aromatic heterocycles. The van der Waals surface area contributed by atoms with Crippen LogP contribution < -0.4 is 10.9 Å². The predicted molar refractivity (Wildman–Crippen MR) is 187 cm³/mol. The summed E-state index contributed by atoms with van der Waals surface area (Å²) in [5, 5.41) is 12.7. The number of hydrogen-bond acceptors (Lipinski definition) is 4. The van der Waals surface area contributed by atoms with Gasteiger partial charge in [0.25, 0.3) is 5.56 Å². The maximum absolute atomic E-state index is 16.5. The van der Waals surface area contributed by atoms with Gasteiger partial charge in [-0.1, -0.05) is 25.7 Å². The summed E-state index contributed by atoms with van der Waals surface area (Å²) >= 11 is 0. The maximum atomic E-state index is 16.5. The zero-order valence-electron chi connectivity index (χ0n) is 29.5. The summed E-state index contributed by atoms with van der Waals surface area (Å²) in [6, 6.07) is 4.12. The van der Waals surface area contributed by atoms with E-state index in [1.54, 1.807) is 13.0 Å². The van der Waals surface area contributed by atoms with Crippen molar-refractivity contribution in [2.24, 2.45) is 0 Å². The average Bonchev–Trinajstić information content (AvgIpc) is 3.88. The fraction of sp³-hybridized carbons (Fsp3) is 0.525. The van der Waals surface area contributed by atoms with Crippen LogP contribution in [0.1, 0.15) is 122 Å². The van der Waals surface area contributed by atoms with Crippen LogP contribution in [-0.4, -0.2) is 46.1 Å². The average molecular weight is 728 g/mol. The van der Waals surface area contributed by atoms with Gasteiger partial charge >= 0.3 is 12.1 Å². The molecular weight excluding hydrogens is 681 g/mol. The van der Waals surface area contributed by atoms with E-state index in [-0.39, 0.29) is 35.7 Å². The van der Waals surface area contributed by atoms with Gasteiger partial charge in [0.15, 0.2) is 0 Å². The summed E-state index contributed by atoms with van der Waals surface area (Å²) < 4.78 is 74.7. The Morgan fingerprint density at radius 2 is 1.63 bits per heavy atom. The monoisotopic (exact) mass is 727 g/mol. The molecule has 6 rings (SSSR count). The van der Waals surface area contributed by atoms with Gasteiger partial charge in [0.1, 0.15) is 17.7 Å². The number of halogens is 5. The first-order valence-corrected chi connectivity index (χ1v) is 18.5. The molecule has 12 heteroatoms. The van der Waals surface area contributed by atoms with Gasteiger partial charge in [0.2, 0.25) is 5.91 Å². The molecule has 3 heterocycles. The Morgan fingerprint density at radius 3 is 2.31 bits per heavy atom. The van der Waals surface area contributed by atoms with Gasteiger partial charge in [-0.05, 0) is 141 Å². The number of amides is 1. The van der Waals surface area contributed by atoms with Gasteiger partial charge in [-0.2, -0.15) is 13.2 Å². The van der Waals surface area contributed by atoms with E-state index in [4.69, 9.17) is 0 Å². The van der Waals surface area contributed by atoms with Crippen molar-refractivity contribution >= 4 is 11.9 Å². The molecule has 2 bridgehead atoms. The highest BCUT2D eigenvalue weighted by Crippen LogP contribution is 2.45. The van der Waals surface area contributed by atoms with E-state index >= 15 is 4.39 Å². The Hall–Kier alpha value is -4.06. The zero-order valence-corrected chi connectivity index (χ0v) is 29.5. The minimum Gasteiger partial charge on any atom is -0.481 e. The van der Waals surface area contributed by atoms with Crippen molar-refractivity contribution in [3.05, 3.63) is 91.9 Å². The number of carboxylic acid groups (broad SMARTS) is 1. The SMILES string of the molecule is Cc1cc(F)cc2c1-c1cc(C3CC3)c(F)c(c1)[C@H](CC(=O)O)NC(=O)[C@@H](n1cc(CCCN3CCC3)c(C(F)(F)F)cc1=O)CCCCCCC2. The predicted octanol–water partition coefficient (Wildman–Crippen LogP) is 8.41. The van der Waals surface area contributed by atoms with E-state index in [2.05, 4.69) is 10.2 Å². The molecule has 2 fully saturated rings. The van der Waals surface area contributed by atoms with E-state index in [0.29, 0.717) is 55.0 Å². The number of nitrogens with one attached hydrogen (secondary N) is 1. The molecule has 280 valence electrons. The number of carboxylic acids is 1. The molecule has 1 saturated heterocycles. The zero-order chi connectivity index (χ0) is 37.2. The molecule has 7 nitrogen and oxygen atoms in total. The largest absolute Gasteiger partial charge is 0.481 e. The van der Waals surface area contributed by atoms with Crippen LogP contribution in [0.4, 0.5) is 22.0 Å². The van der Waals surface area contributed by atoms with Crippen LogP contribution in [0.15, 0.2) is 41.3 Å². The molecule has 2 aromatic carbocycles. The lowest BCUT2D eigenvalue weighted by Crippen LogP contribution is -2.40. The molecule has 1 saturated carbocycles. The fourth-order valence-electron chi connectivity index (χ4n) is 7.84. The number of pyridine rings is 1. The summed E-state index contributed by atoms with van der Waals surface area (Å²) in [6.45, 7) is 4.18. The van der Waals surface area contributed by atoms with E-state index in [0.717, 1.165) is 73.5 Å². The molecule has 0 radical (unpaired) electrons. The van der Waals surface area contributed by atoms with Crippen LogP contribution >= 0.6 is 0 Å². The lowest BCUT2D eigenvalue weighted by atomic mass is 9.87. The molecule has 1 aliphatic carbocycles. The summed E-state index contributed by atoms with van der Waals surface area (Å²) in [5.41, 5.74) is 1.00. The van der Waals surface area contributed by atoms with Gasteiger partial charge < -0.3 is 19.9 Å². The molecule has 3 aromatic rings. The highest BCUT2D eigenvalue weighted by atomic mass is 19.4. The van der Waals surface area contributed by atoms with Crippen molar-refractivity contribution in [2.45, 2.75) is 115 Å². The summed E-state index contributed by atoms with van der Waals surface area (Å²) in [7, 11) is 0. The highest BCUT2D eigenvalue weighted by molar-refractivity contribution is 5.82. The van der Waals surface area contributed by atoms with E-state index < -0.39 is 53.5 Å². The molecule has 0 spiro atoms. The minimum absolute atomic E-state index is 0.0397. The Kier molecular flexibility index (Phi) is 11.5. The Bertz CT molecular complexity index is 1860. The first-order valence-electron chi connectivity index (χ1n) is 18.5. The Balaban J connectivity index is 1.43. The van der Waals surface area contributed by atoms with Gasteiger partial charge in [0.05, 0.1) is 18.0 Å². The number of rotatable bonds is 8. The van der Waals surface area contributed by atoms with Crippen molar-refractivity contribution in [3.63, 3.8) is 0 Å². The van der Waals surface area contributed by atoms with Gasteiger partial charge in [-0.15, -0.1) is 0 Å². The molecule has 1 amide bonds. The van der Waals surface area contributed by atoms with Gasteiger partial charge in [-0.25, -0.2) is 8.78 Å². The molecule has 3 aliphatic rings. The van der Waals surface area contributed by atoms with Gasteiger partial charge in [0, 0.05) is 17.8 Å². The molecular formula is C40H46F5N3O4. The number of alkyl halides is 3. The van der Waals surface area contributed by atoms with Crippen LogP contribution in [0, 0.1) is 18.6 Å². The Morgan fingerprint density at radius 1 is 0.923 bits per heavy atom. The molecule has 52 heavy (non-hydrogen) atoms. The second kappa shape index (κ2) is 15.9. The highest BCUT2D eigenvalue weighted by Gasteiger charge is 2.37. The second-order valence-corrected chi connectivity index (χ2v) is 14.7. The third kappa shape index (κ3) is 8.76. The van der Waals surface area contributed by atoms with E-state index in [1.807, 2.05) is 0 Å². The minimum atomic E-state index is -4.77. The van der Waals surface area contributed by atoms with Crippen molar-refractivity contribution in [3.8, 4) is 11.1 Å². The van der Waals surface area contributed by atoms with Crippen LogP contribution in [0.25, 0.3) is 11.1 Å². The number of fused-ring (bicyclic) bond motifs is 4. The first-order chi connectivity index (χ1) is 24.8. The van der Waals surface area contributed by atoms with Crippen LogP contribution in [0.3, 0.4) is 0 Å².